The molecule has 1 fully saturated rings. The first kappa shape index (κ1) is 16.9. The minimum atomic E-state index is -2.61. The van der Waals surface area contributed by atoms with Gasteiger partial charge in [0.05, 0.1) is 5.92 Å². The van der Waals surface area contributed by atoms with Crippen LogP contribution >= 0.6 is 0 Å². The number of carboxylic acid groups (broad SMARTS) is 1. The van der Waals surface area contributed by atoms with Gasteiger partial charge in [-0.15, -0.1) is 0 Å². The van der Waals surface area contributed by atoms with E-state index in [1.165, 1.54) is 23.1 Å². The number of hydrogen-bond donors (Lipinski definition) is 2. The zero-order chi connectivity index (χ0) is 17.0. The molecule has 2 N–H and O–H groups in total. The molecule has 0 aromatic heterocycles. The van der Waals surface area contributed by atoms with Gasteiger partial charge in [-0.2, -0.15) is 0 Å². The summed E-state index contributed by atoms with van der Waals surface area (Å²) in [7, 11) is 0. The first-order valence-corrected chi connectivity index (χ1v) is 7.05. The highest BCUT2D eigenvalue weighted by molar-refractivity contribution is 6.35. The molecule has 23 heavy (non-hydrogen) atoms. The van der Waals surface area contributed by atoms with Gasteiger partial charge < -0.3 is 15.3 Å². The number of hydrogen-bond acceptors (Lipinski definition) is 3. The zero-order valence-electron chi connectivity index (χ0n) is 12.2. The van der Waals surface area contributed by atoms with E-state index in [-0.39, 0.29) is 25.2 Å². The lowest BCUT2D eigenvalue weighted by Crippen LogP contribution is -2.42. The van der Waals surface area contributed by atoms with E-state index in [4.69, 9.17) is 5.11 Å². The number of rotatable bonds is 4. The fourth-order valence-electron chi connectivity index (χ4n) is 2.39. The van der Waals surface area contributed by atoms with E-state index in [0.717, 1.165) is 0 Å². The molecule has 8 heteroatoms. The number of nitrogens with zero attached hydrogens (tertiary/aromatic N) is 1. The van der Waals surface area contributed by atoms with E-state index < -0.39 is 30.1 Å². The van der Waals surface area contributed by atoms with Gasteiger partial charge in [0, 0.05) is 25.2 Å². The summed E-state index contributed by atoms with van der Waals surface area (Å²) in [6, 6.07) is 5.54. The molecule has 1 saturated heterocycles. The Labute approximate surface area is 131 Å². The summed E-state index contributed by atoms with van der Waals surface area (Å²) in [5, 5.41) is 11.2. The molecule has 0 spiro atoms. The Morgan fingerprint density at radius 1 is 1.35 bits per heavy atom. The third-order valence-corrected chi connectivity index (χ3v) is 3.68. The predicted molar refractivity (Wildman–Crippen MR) is 75.6 cm³/mol. The molecule has 1 aliphatic rings. The maximum absolute atomic E-state index is 12.6. The number of likely N-dealkylation sites (tertiary alicyclic amines) is 1. The van der Waals surface area contributed by atoms with Crippen molar-refractivity contribution >= 4 is 17.8 Å². The molecule has 2 amide bonds. The molecule has 0 radical (unpaired) electrons. The van der Waals surface area contributed by atoms with Crippen molar-refractivity contribution in [2.24, 2.45) is 5.92 Å². The highest BCUT2D eigenvalue weighted by Gasteiger charge is 2.33. The highest BCUT2D eigenvalue weighted by atomic mass is 19.3. The monoisotopic (exact) mass is 326 g/mol. The summed E-state index contributed by atoms with van der Waals surface area (Å²) in [4.78, 5) is 35.7. The number of halogens is 2. The molecule has 0 aliphatic carbocycles. The van der Waals surface area contributed by atoms with Gasteiger partial charge in [0.2, 0.25) is 0 Å². The second-order valence-corrected chi connectivity index (χ2v) is 5.30. The second kappa shape index (κ2) is 7.17. The van der Waals surface area contributed by atoms with E-state index in [2.05, 4.69) is 5.32 Å². The Hall–Kier alpha value is -2.51. The van der Waals surface area contributed by atoms with Crippen LogP contribution in [-0.2, 0) is 20.9 Å². The molecule has 1 atom stereocenters. The Morgan fingerprint density at radius 2 is 2.09 bits per heavy atom. The third kappa shape index (κ3) is 4.24. The van der Waals surface area contributed by atoms with Crippen LogP contribution in [0.1, 0.15) is 24.0 Å². The van der Waals surface area contributed by atoms with Crippen molar-refractivity contribution in [1.82, 2.24) is 10.2 Å². The van der Waals surface area contributed by atoms with Crippen molar-refractivity contribution < 1.29 is 28.3 Å². The maximum Gasteiger partial charge on any atom is 0.311 e. The molecule has 6 nitrogen and oxygen atoms in total. The molecular weight excluding hydrogens is 310 g/mol. The van der Waals surface area contributed by atoms with Crippen molar-refractivity contribution in [3.8, 4) is 0 Å². The van der Waals surface area contributed by atoms with E-state index in [0.29, 0.717) is 12.0 Å². The van der Waals surface area contributed by atoms with Crippen LogP contribution in [0.25, 0.3) is 0 Å². The lowest BCUT2D eigenvalue weighted by molar-refractivity contribution is -0.146. The number of benzene rings is 1. The summed E-state index contributed by atoms with van der Waals surface area (Å²) >= 11 is 0. The zero-order valence-corrected chi connectivity index (χ0v) is 12.2. The largest absolute Gasteiger partial charge is 0.481 e. The summed E-state index contributed by atoms with van der Waals surface area (Å²) < 4.78 is 25.2. The fraction of sp³-hybridized carbons (Fsp3) is 0.400. The van der Waals surface area contributed by atoms with Gasteiger partial charge in [0.15, 0.2) is 0 Å². The second-order valence-electron chi connectivity index (χ2n) is 5.30. The van der Waals surface area contributed by atoms with Gasteiger partial charge in [0.25, 0.3) is 6.43 Å². The summed E-state index contributed by atoms with van der Waals surface area (Å²) in [6.07, 6.45) is -2.30. The smallest absolute Gasteiger partial charge is 0.311 e. The predicted octanol–water partition coefficient (Wildman–Crippen LogP) is 1.17. The van der Waals surface area contributed by atoms with E-state index in [1.807, 2.05) is 0 Å². The average molecular weight is 326 g/mol. The normalized spacial score (nSPS) is 17.3. The van der Waals surface area contributed by atoms with Crippen molar-refractivity contribution in [2.75, 3.05) is 13.1 Å². The lowest BCUT2D eigenvalue weighted by Gasteiger charge is -2.15. The molecular formula is C15H16F2N2O4. The van der Waals surface area contributed by atoms with Crippen molar-refractivity contribution in [3.05, 3.63) is 35.4 Å². The van der Waals surface area contributed by atoms with Gasteiger partial charge in [-0.05, 0) is 18.1 Å². The van der Waals surface area contributed by atoms with Crippen LogP contribution in [0.15, 0.2) is 24.3 Å². The lowest BCUT2D eigenvalue weighted by atomic mass is 10.1. The Balaban J connectivity index is 1.88. The number of carboxylic acids is 1. The standard InChI is InChI=1S/C15H16F2N2O4/c16-12(17)10-3-1-2-9(6-10)7-18-13(20)14(21)19-5-4-11(8-19)15(22)23/h1-3,6,11-12H,4-5,7-8H2,(H,18,20)(H,22,23). The van der Waals surface area contributed by atoms with Crippen LogP contribution in [0, 0.1) is 5.92 Å². The maximum atomic E-state index is 12.6. The van der Waals surface area contributed by atoms with Crippen LogP contribution in [0.4, 0.5) is 8.78 Å². The van der Waals surface area contributed by atoms with Crippen LogP contribution in [0.3, 0.4) is 0 Å². The Kier molecular flexibility index (Phi) is 5.25. The molecule has 1 aromatic carbocycles. The first-order valence-electron chi connectivity index (χ1n) is 7.05. The van der Waals surface area contributed by atoms with Crippen LogP contribution < -0.4 is 5.32 Å². The summed E-state index contributed by atoms with van der Waals surface area (Å²) in [6.45, 7) is 0.161. The fourth-order valence-corrected chi connectivity index (χ4v) is 2.39. The van der Waals surface area contributed by atoms with Crippen molar-refractivity contribution in [2.45, 2.75) is 19.4 Å². The topological polar surface area (TPSA) is 86.7 Å². The van der Waals surface area contributed by atoms with Gasteiger partial charge in [-0.25, -0.2) is 8.78 Å². The molecule has 2 rings (SSSR count). The summed E-state index contributed by atoms with van der Waals surface area (Å²) in [5.41, 5.74) is 0.292. The molecule has 1 heterocycles. The van der Waals surface area contributed by atoms with Crippen molar-refractivity contribution in [1.29, 1.82) is 0 Å². The summed E-state index contributed by atoms with van der Waals surface area (Å²) in [5.74, 6) is -3.34. The molecule has 124 valence electrons. The molecule has 0 bridgehead atoms. The van der Waals surface area contributed by atoms with Gasteiger partial charge in [0.1, 0.15) is 0 Å². The van der Waals surface area contributed by atoms with Crippen LogP contribution in [0.5, 0.6) is 0 Å². The van der Waals surface area contributed by atoms with Gasteiger partial charge in [-0.1, -0.05) is 18.2 Å². The quantitative estimate of drug-likeness (QED) is 0.813. The number of aliphatic carboxylic acids is 1. The van der Waals surface area contributed by atoms with Crippen LogP contribution in [0.2, 0.25) is 0 Å². The Bertz CT molecular complexity index is 621. The van der Waals surface area contributed by atoms with E-state index >= 15 is 0 Å². The van der Waals surface area contributed by atoms with Gasteiger partial charge >= 0.3 is 17.8 Å². The number of carbonyl (C=O) groups excluding carboxylic acids is 2. The SMILES string of the molecule is O=C(NCc1cccc(C(F)F)c1)C(=O)N1CCC(C(=O)O)C1. The minimum absolute atomic E-state index is 0.00243. The number of amides is 2. The van der Waals surface area contributed by atoms with E-state index in [1.54, 1.807) is 6.07 Å². The number of carbonyl (C=O) groups is 3. The highest BCUT2D eigenvalue weighted by Crippen LogP contribution is 2.19. The molecule has 1 unspecified atom stereocenters. The molecule has 1 aromatic rings. The van der Waals surface area contributed by atoms with Crippen molar-refractivity contribution in [3.63, 3.8) is 0 Å². The Morgan fingerprint density at radius 3 is 2.70 bits per heavy atom. The van der Waals surface area contributed by atoms with Crippen LogP contribution in [-0.4, -0.2) is 40.9 Å². The van der Waals surface area contributed by atoms with Gasteiger partial charge in [-0.3, -0.25) is 14.4 Å². The first-order chi connectivity index (χ1) is 10.9. The molecule has 0 saturated carbocycles. The van der Waals surface area contributed by atoms with E-state index in [9.17, 15) is 23.2 Å². The number of nitrogens with one attached hydrogen (secondary N) is 1. The average Bonchev–Trinajstić information content (AvgIpc) is 3.02. The third-order valence-electron chi connectivity index (χ3n) is 3.68. The number of alkyl halides is 2. The molecule has 1 aliphatic heterocycles. The minimum Gasteiger partial charge on any atom is -0.481 e.